The van der Waals surface area contributed by atoms with Crippen LogP contribution in [0.3, 0.4) is 0 Å². The van der Waals surface area contributed by atoms with Crippen molar-refractivity contribution in [2.24, 2.45) is 0 Å². The molecule has 0 aliphatic carbocycles. The summed E-state index contributed by atoms with van der Waals surface area (Å²) in [6.07, 6.45) is 1.74. The van der Waals surface area contributed by atoms with Gasteiger partial charge in [-0.05, 0) is 42.8 Å². The molecule has 32 heavy (non-hydrogen) atoms. The van der Waals surface area contributed by atoms with Crippen molar-refractivity contribution < 1.29 is 14.0 Å². The molecule has 0 radical (unpaired) electrons. The monoisotopic (exact) mass is 449 g/mol. The largest absolute Gasteiger partial charge is 0.350 e. The van der Waals surface area contributed by atoms with Gasteiger partial charge in [-0.2, -0.15) is 0 Å². The average Bonchev–Trinajstić information content (AvgIpc) is 3.03. The van der Waals surface area contributed by atoms with E-state index in [1.165, 1.54) is 23.1 Å². The second kappa shape index (κ2) is 7.64. The molecule has 3 aromatic rings. The Morgan fingerprint density at radius 3 is 2.56 bits per heavy atom. The maximum atomic E-state index is 14.1. The standard InChI is InChI=1S/C25H21ClFN3O2/c1-2-3-14-29-22-11-7-5-9-18(22)25(24(29)32)28-21-10-6-4-8-17(21)23(31)30(25)16-12-13-20(27)19(26)15-16/h4-13,15,28H,2-3,14H2,1H3. The lowest BCUT2D eigenvalue weighted by atomic mass is 9.92. The highest BCUT2D eigenvalue weighted by atomic mass is 35.5. The lowest BCUT2D eigenvalue weighted by Crippen LogP contribution is -2.63. The first-order valence-electron chi connectivity index (χ1n) is 10.6. The van der Waals surface area contributed by atoms with Crippen LogP contribution in [-0.4, -0.2) is 18.4 Å². The number of nitrogens with zero attached hydrogens (tertiary/aromatic N) is 2. The fraction of sp³-hybridized carbons (Fsp3) is 0.200. The van der Waals surface area contributed by atoms with E-state index < -0.39 is 11.5 Å². The van der Waals surface area contributed by atoms with E-state index in [1.54, 1.807) is 23.1 Å². The van der Waals surface area contributed by atoms with E-state index in [4.69, 9.17) is 11.6 Å². The minimum Gasteiger partial charge on any atom is -0.350 e. The molecule has 2 heterocycles. The third kappa shape index (κ3) is 2.83. The number of hydrogen-bond donors (Lipinski definition) is 1. The number of rotatable bonds is 4. The van der Waals surface area contributed by atoms with E-state index in [2.05, 4.69) is 12.2 Å². The van der Waals surface area contributed by atoms with Gasteiger partial charge in [-0.1, -0.05) is 55.3 Å². The minimum absolute atomic E-state index is 0.120. The Morgan fingerprint density at radius 1 is 1.03 bits per heavy atom. The Hall–Kier alpha value is -3.38. The summed E-state index contributed by atoms with van der Waals surface area (Å²) in [4.78, 5) is 31.1. The molecular formula is C25H21ClFN3O2. The van der Waals surface area contributed by atoms with Crippen molar-refractivity contribution in [3.05, 3.63) is 88.7 Å². The first kappa shape index (κ1) is 20.5. The van der Waals surface area contributed by atoms with E-state index in [9.17, 15) is 14.0 Å². The topological polar surface area (TPSA) is 52.7 Å². The molecule has 3 aromatic carbocycles. The van der Waals surface area contributed by atoms with Gasteiger partial charge in [0, 0.05) is 23.5 Å². The number of hydrogen-bond acceptors (Lipinski definition) is 3. The summed E-state index contributed by atoms with van der Waals surface area (Å²) in [5.74, 6) is -1.21. The Morgan fingerprint density at radius 2 is 1.78 bits per heavy atom. The molecule has 1 spiro atoms. The number of nitrogens with one attached hydrogen (secondary N) is 1. The van der Waals surface area contributed by atoms with Gasteiger partial charge in [0.1, 0.15) is 5.82 Å². The molecule has 2 amide bonds. The van der Waals surface area contributed by atoms with Crippen LogP contribution in [0, 0.1) is 5.82 Å². The fourth-order valence-electron chi connectivity index (χ4n) is 4.55. The zero-order valence-electron chi connectivity index (χ0n) is 17.4. The SMILES string of the molecule is CCCCN1C(=O)C2(Nc3ccccc3C(=O)N2c2ccc(F)c(Cl)c2)c2ccccc21. The first-order valence-corrected chi connectivity index (χ1v) is 10.9. The molecule has 0 saturated heterocycles. The molecule has 2 aliphatic rings. The summed E-state index contributed by atoms with van der Waals surface area (Å²) in [6, 6.07) is 18.6. The number of amides is 2. The van der Waals surface area contributed by atoms with Gasteiger partial charge in [-0.25, -0.2) is 4.39 Å². The Kier molecular flexibility index (Phi) is 4.90. The number of unbranched alkanes of at least 4 members (excludes halogenated alkanes) is 1. The van der Waals surface area contributed by atoms with Crippen LogP contribution < -0.4 is 15.1 Å². The summed E-state index contributed by atoms with van der Waals surface area (Å²) in [6.45, 7) is 2.59. The Balaban J connectivity index is 1.78. The molecule has 162 valence electrons. The molecule has 2 aliphatic heterocycles. The van der Waals surface area contributed by atoms with Gasteiger partial charge in [0.25, 0.3) is 11.8 Å². The highest BCUT2D eigenvalue weighted by molar-refractivity contribution is 6.31. The van der Waals surface area contributed by atoms with Crippen LogP contribution in [0.25, 0.3) is 0 Å². The fourth-order valence-corrected chi connectivity index (χ4v) is 4.72. The van der Waals surface area contributed by atoms with Gasteiger partial charge >= 0.3 is 0 Å². The van der Waals surface area contributed by atoms with E-state index in [0.29, 0.717) is 29.0 Å². The van der Waals surface area contributed by atoms with Crippen LogP contribution in [-0.2, 0) is 10.5 Å². The predicted molar refractivity (Wildman–Crippen MR) is 124 cm³/mol. The highest BCUT2D eigenvalue weighted by Crippen LogP contribution is 2.49. The van der Waals surface area contributed by atoms with Crippen molar-refractivity contribution in [1.82, 2.24) is 0 Å². The van der Waals surface area contributed by atoms with Crippen molar-refractivity contribution in [3.8, 4) is 0 Å². The number of carbonyl (C=O) groups is 2. The number of benzene rings is 3. The van der Waals surface area contributed by atoms with Crippen molar-refractivity contribution in [2.75, 3.05) is 21.7 Å². The number of fused-ring (bicyclic) bond motifs is 3. The van der Waals surface area contributed by atoms with Crippen LogP contribution in [0.4, 0.5) is 21.5 Å². The molecule has 0 fully saturated rings. The maximum Gasteiger partial charge on any atom is 0.279 e. The smallest absolute Gasteiger partial charge is 0.279 e. The van der Waals surface area contributed by atoms with Crippen molar-refractivity contribution in [1.29, 1.82) is 0 Å². The maximum absolute atomic E-state index is 14.1. The van der Waals surface area contributed by atoms with Gasteiger partial charge < -0.3 is 10.2 Å². The number of halogens is 2. The second-order valence-electron chi connectivity index (χ2n) is 7.95. The van der Waals surface area contributed by atoms with E-state index in [-0.39, 0.29) is 16.8 Å². The Labute approximate surface area is 190 Å². The normalized spacial score (nSPS) is 19.2. The molecular weight excluding hydrogens is 429 g/mol. The average molecular weight is 450 g/mol. The van der Waals surface area contributed by atoms with Crippen LogP contribution >= 0.6 is 11.6 Å². The van der Waals surface area contributed by atoms with Gasteiger partial charge in [-0.15, -0.1) is 0 Å². The second-order valence-corrected chi connectivity index (χ2v) is 8.35. The van der Waals surface area contributed by atoms with E-state index in [0.717, 1.165) is 18.5 Å². The van der Waals surface area contributed by atoms with Crippen LogP contribution in [0.5, 0.6) is 0 Å². The minimum atomic E-state index is -1.50. The number of anilines is 3. The zero-order valence-corrected chi connectivity index (χ0v) is 18.2. The van der Waals surface area contributed by atoms with Crippen molar-refractivity contribution >= 4 is 40.5 Å². The van der Waals surface area contributed by atoms with Crippen molar-refractivity contribution in [3.63, 3.8) is 0 Å². The van der Waals surface area contributed by atoms with Gasteiger partial charge in [0.05, 0.1) is 16.3 Å². The van der Waals surface area contributed by atoms with E-state index >= 15 is 0 Å². The van der Waals surface area contributed by atoms with Crippen molar-refractivity contribution in [2.45, 2.75) is 25.4 Å². The molecule has 1 atom stereocenters. The summed E-state index contributed by atoms with van der Waals surface area (Å²) in [5, 5.41) is 3.26. The molecule has 1 unspecified atom stereocenters. The molecule has 7 heteroatoms. The molecule has 5 rings (SSSR count). The summed E-state index contributed by atoms with van der Waals surface area (Å²) in [7, 11) is 0. The third-order valence-electron chi connectivity index (χ3n) is 6.05. The third-order valence-corrected chi connectivity index (χ3v) is 6.34. The lowest BCUT2D eigenvalue weighted by Gasteiger charge is -2.45. The first-order chi connectivity index (χ1) is 15.5. The van der Waals surface area contributed by atoms with Gasteiger partial charge in [0.15, 0.2) is 0 Å². The molecule has 0 aromatic heterocycles. The molecule has 0 bridgehead atoms. The van der Waals surface area contributed by atoms with E-state index in [1.807, 2.05) is 30.3 Å². The van der Waals surface area contributed by atoms with Gasteiger partial charge in [0.2, 0.25) is 5.66 Å². The lowest BCUT2D eigenvalue weighted by molar-refractivity contribution is -0.122. The molecule has 5 nitrogen and oxygen atoms in total. The number of para-hydroxylation sites is 2. The molecule has 1 N–H and O–H groups in total. The zero-order chi connectivity index (χ0) is 22.5. The van der Waals surface area contributed by atoms with Gasteiger partial charge in [-0.3, -0.25) is 14.5 Å². The quantitative estimate of drug-likeness (QED) is 0.568. The Bertz CT molecular complexity index is 1250. The van der Waals surface area contributed by atoms with Crippen LogP contribution in [0.15, 0.2) is 66.7 Å². The predicted octanol–water partition coefficient (Wildman–Crippen LogP) is 5.55. The van der Waals surface area contributed by atoms with Crippen LogP contribution in [0.2, 0.25) is 5.02 Å². The summed E-state index contributed by atoms with van der Waals surface area (Å²) >= 11 is 6.08. The van der Waals surface area contributed by atoms with Crippen LogP contribution in [0.1, 0.15) is 35.7 Å². The number of carbonyl (C=O) groups excluding carboxylic acids is 2. The molecule has 0 saturated carbocycles. The summed E-state index contributed by atoms with van der Waals surface area (Å²) < 4.78 is 14.0. The highest BCUT2D eigenvalue weighted by Gasteiger charge is 2.59. The summed E-state index contributed by atoms with van der Waals surface area (Å²) in [5.41, 5.74) is 1.26.